The number of hydrogen-bond donors (Lipinski definition) is 6. The Balaban J connectivity index is 0.000000847. The number of aromatic nitrogens is 1. The van der Waals surface area contributed by atoms with Gasteiger partial charge in [0.2, 0.25) is 5.91 Å². The van der Waals surface area contributed by atoms with Crippen LogP contribution in [0.3, 0.4) is 0 Å². The smallest absolute Gasteiger partial charge is 0.221 e. The van der Waals surface area contributed by atoms with Gasteiger partial charge in [0.15, 0.2) is 22.8 Å². The lowest BCUT2D eigenvalue weighted by atomic mass is 10.2. The monoisotopic (exact) mass is 947 g/mol. The normalized spacial score (nSPS) is 9.64. The highest BCUT2D eigenvalue weighted by molar-refractivity contribution is 6.05. The maximum Gasteiger partial charge on any atom is 0.221 e. The van der Waals surface area contributed by atoms with Gasteiger partial charge >= 0.3 is 0 Å². The first kappa shape index (κ1) is 61.4. The summed E-state index contributed by atoms with van der Waals surface area (Å²) in [6.45, 7) is 14.6. The van der Waals surface area contributed by atoms with E-state index in [1.165, 1.54) is 13.7 Å². The highest BCUT2D eigenvalue weighted by atomic mass is 16.6. The lowest BCUT2D eigenvalue weighted by Crippen LogP contribution is -2.05. The van der Waals surface area contributed by atoms with Crippen molar-refractivity contribution in [3.63, 3.8) is 0 Å². The topological polar surface area (TPSA) is 202 Å². The number of amides is 1. The number of hydrogen-bond acceptors (Lipinski definition) is 14. The van der Waals surface area contributed by atoms with Gasteiger partial charge in [0.05, 0.1) is 41.6 Å². The van der Waals surface area contributed by atoms with Crippen LogP contribution in [0.4, 0.5) is 28.4 Å². The quantitative estimate of drug-likeness (QED) is 0.0276. The molecule has 0 fully saturated rings. The number of benzene rings is 6. The molecule has 0 spiro atoms. The molecule has 15 nitrogen and oxygen atoms in total. The zero-order chi connectivity index (χ0) is 49.4. The van der Waals surface area contributed by atoms with Gasteiger partial charge < -0.3 is 55.2 Å². The number of methoxy groups -OCH3 is 4. The fraction of sp³-hybridized carbons (Fsp3) is 0.302. The third kappa shape index (κ3) is 22.6. The van der Waals surface area contributed by atoms with Crippen molar-refractivity contribution in [2.75, 3.05) is 81.6 Å². The molecule has 2 aliphatic rings. The van der Waals surface area contributed by atoms with Gasteiger partial charge in [-0.2, -0.15) is 5.90 Å². The average Bonchev–Trinajstić information content (AvgIpc) is 3.35. The van der Waals surface area contributed by atoms with Gasteiger partial charge in [-0.1, -0.05) is 39.9 Å². The summed E-state index contributed by atoms with van der Waals surface area (Å²) in [5.41, 5.74) is 12.6. The molecule has 0 saturated heterocycles. The maximum absolute atomic E-state index is 10.7. The van der Waals surface area contributed by atoms with Crippen molar-refractivity contribution in [2.24, 2.45) is 10.9 Å². The minimum Gasteiger partial charge on any atom is -0.497 e. The van der Waals surface area contributed by atoms with Crippen LogP contribution in [-0.2, 0) is 4.79 Å². The number of fused-ring (bicyclic) bond motifs is 2. The number of nitrogens with zero attached hydrogens (tertiary/aromatic N) is 2. The molecule has 69 heavy (non-hydrogen) atoms. The summed E-state index contributed by atoms with van der Waals surface area (Å²) in [5, 5.41) is 13.2. The highest BCUT2D eigenvalue weighted by Gasteiger charge is 2.09. The van der Waals surface area contributed by atoms with Crippen LogP contribution in [0, 0.1) is 0 Å². The number of nitrogen functional groups attached to an aromatic ring is 1. The van der Waals surface area contributed by atoms with Crippen molar-refractivity contribution in [1.82, 2.24) is 4.98 Å². The van der Waals surface area contributed by atoms with Gasteiger partial charge in [0, 0.05) is 97.9 Å². The predicted molar refractivity (Wildman–Crippen MR) is 290 cm³/mol. The lowest BCUT2D eigenvalue weighted by Gasteiger charge is -2.09. The molecule has 2 radical (unpaired) electrons. The SMILES string of the molecule is C.C.CCN=c1ccc2nc3ccc(NCC)cc3oc-2c1.CCNc1ccc(ON)c(OC)c1.CCNc1cccc(OC)c1.COc1cccc(N)c1.COc1cccc(NC(C)=O)c1.[B]C. The molecule has 16 heteroatoms. The van der Waals surface area contributed by atoms with Gasteiger partial charge in [-0.25, -0.2) is 4.98 Å². The Kier molecular flexibility index (Phi) is 31.7. The van der Waals surface area contributed by atoms with E-state index in [1.54, 1.807) is 46.6 Å². The fourth-order valence-corrected chi connectivity index (χ4v) is 5.77. The molecule has 0 saturated carbocycles. The van der Waals surface area contributed by atoms with E-state index >= 15 is 0 Å². The molecule has 5 aromatic rings. The number of nitrogens with two attached hydrogens (primary N) is 2. The maximum atomic E-state index is 10.7. The molecule has 0 atom stereocenters. The average molecular weight is 947 g/mol. The second kappa shape index (κ2) is 35.6. The standard InChI is InChI=1S/C16H17N3O.C9H14N2O2.C9H11NO2.C9H13NO.C7H9NO.CH3B.2CH4/c1-3-17-11-5-7-13-15(9-11)20-16-10-12(18-4-2)6-8-14(16)19-13;1-3-11-7-4-5-8(13-10)9(6-7)12-2;1-7(11)10-8-4-3-5-9(6-8)12-2;1-3-10-8-5-4-6-9(7-8)11-2;1-9-7-4-2-3-6(8)5-7;1-2;;/h5-10,17H,3-4H2,1-2H3;4-6,11H,3,10H2,1-2H3;3-6H,1-2H3,(H,10,11);4-7,10H,3H2,1-2H3;2-5H,8H2,1H3;1H3;2*1H4. The van der Waals surface area contributed by atoms with Crippen LogP contribution in [0.2, 0.25) is 6.82 Å². The van der Waals surface area contributed by atoms with Crippen LogP contribution in [0.5, 0.6) is 28.7 Å². The Morgan fingerprint density at radius 3 is 1.65 bits per heavy atom. The summed E-state index contributed by atoms with van der Waals surface area (Å²) < 4.78 is 26.0. The molecule has 0 aromatic heterocycles. The van der Waals surface area contributed by atoms with E-state index in [2.05, 4.69) is 57.8 Å². The molecule has 5 aromatic carbocycles. The molecule has 8 N–H and O–H groups in total. The first-order valence-corrected chi connectivity index (χ1v) is 21.7. The van der Waals surface area contributed by atoms with E-state index in [-0.39, 0.29) is 20.8 Å². The molecule has 1 aliphatic carbocycles. The number of anilines is 5. The molecule has 1 amide bonds. The van der Waals surface area contributed by atoms with Crippen LogP contribution in [0.25, 0.3) is 22.6 Å². The summed E-state index contributed by atoms with van der Waals surface area (Å²) in [6.07, 6.45) is 0. The van der Waals surface area contributed by atoms with E-state index in [4.69, 9.17) is 35.0 Å². The van der Waals surface area contributed by atoms with Crippen molar-refractivity contribution in [3.05, 3.63) is 133 Å². The van der Waals surface area contributed by atoms with Crippen molar-refractivity contribution < 1.29 is 33.0 Å². The number of carbonyl (C=O) groups excluding carboxylic acids is 1. The summed E-state index contributed by atoms with van der Waals surface area (Å²) in [4.78, 5) is 24.3. The second-order valence-electron chi connectivity index (χ2n) is 13.5. The molecule has 0 bridgehead atoms. The number of rotatable bonds is 13. The van der Waals surface area contributed by atoms with Gasteiger partial charge in [-0.05, 0) is 100 Å². The molecular formula is C53H75BN8O7. The number of nitrogens with one attached hydrogen (secondary N) is 4. The third-order valence-corrected chi connectivity index (χ3v) is 8.69. The van der Waals surface area contributed by atoms with E-state index in [0.717, 1.165) is 99.8 Å². The predicted octanol–water partition coefficient (Wildman–Crippen LogP) is 11.2. The third-order valence-electron chi connectivity index (χ3n) is 8.69. The van der Waals surface area contributed by atoms with Crippen molar-refractivity contribution in [2.45, 2.75) is 56.3 Å². The summed E-state index contributed by atoms with van der Waals surface area (Å²) in [5.74, 6) is 9.32. The Morgan fingerprint density at radius 1 is 0.623 bits per heavy atom. The molecular weight excluding hydrogens is 871 g/mol. The first-order chi connectivity index (χ1) is 32.5. The zero-order valence-corrected chi connectivity index (χ0v) is 40.4. The van der Waals surface area contributed by atoms with Gasteiger partial charge in [0.1, 0.15) is 28.5 Å². The van der Waals surface area contributed by atoms with Crippen LogP contribution >= 0.6 is 0 Å². The van der Waals surface area contributed by atoms with Crippen molar-refractivity contribution in [3.8, 4) is 40.2 Å². The van der Waals surface area contributed by atoms with E-state index in [9.17, 15) is 4.79 Å². The molecule has 0 unspecified atom stereocenters. The van der Waals surface area contributed by atoms with E-state index in [1.807, 2.05) is 123 Å². The van der Waals surface area contributed by atoms with E-state index in [0.29, 0.717) is 11.5 Å². The minimum atomic E-state index is -0.0803. The van der Waals surface area contributed by atoms with Crippen LogP contribution in [-0.4, -0.2) is 73.4 Å². The largest absolute Gasteiger partial charge is 0.497 e. The zero-order valence-electron chi connectivity index (χ0n) is 40.4. The molecule has 372 valence electrons. The molecule has 7 rings (SSSR count). The summed E-state index contributed by atoms with van der Waals surface area (Å²) in [6, 6.07) is 39.7. The first-order valence-electron chi connectivity index (χ1n) is 21.7. The van der Waals surface area contributed by atoms with E-state index < -0.39 is 0 Å². The Hall–Kier alpha value is -7.59. The minimum absolute atomic E-state index is 0. The fourth-order valence-electron chi connectivity index (χ4n) is 5.77. The number of ether oxygens (including phenoxy) is 4. The summed E-state index contributed by atoms with van der Waals surface area (Å²) >= 11 is 0. The Bertz CT molecular complexity index is 2520. The van der Waals surface area contributed by atoms with Crippen molar-refractivity contribution in [1.29, 1.82) is 0 Å². The van der Waals surface area contributed by atoms with Crippen LogP contribution in [0.15, 0.2) is 137 Å². The second-order valence-corrected chi connectivity index (χ2v) is 13.5. The Labute approximate surface area is 411 Å². The highest BCUT2D eigenvalue weighted by Crippen LogP contribution is 2.29. The summed E-state index contributed by atoms with van der Waals surface area (Å²) in [7, 11) is 11.0. The van der Waals surface area contributed by atoms with Gasteiger partial charge in [-0.3, -0.25) is 9.79 Å². The van der Waals surface area contributed by atoms with Crippen LogP contribution < -0.4 is 62.0 Å². The number of carbonyl (C=O) groups is 1. The van der Waals surface area contributed by atoms with Gasteiger partial charge in [0.25, 0.3) is 0 Å². The molecule has 1 heterocycles. The Morgan fingerprint density at radius 2 is 1.14 bits per heavy atom. The molecule has 1 aliphatic heterocycles. The van der Waals surface area contributed by atoms with Crippen LogP contribution in [0.1, 0.15) is 49.5 Å². The lowest BCUT2D eigenvalue weighted by molar-refractivity contribution is -0.114. The van der Waals surface area contributed by atoms with Crippen molar-refractivity contribution >= 4 is 53.3 Å². The van der Waals surface area contributed by atoms with Gasteiger partial charge in [-0.15, -0.1) is 0 Å².